The van der Waals surface area contributed by atoms with Crippen LogP contribution in [0.1, 0.15) is 42.4 Å². The summed E-state index contributed by atoms with van der Waals surface area (Å²) in [6, 6.07) is 24.4. The van der Waals surface area contributed by atoms with Gasteiger partial charge in [0.2, 0.25) is 0 Å². The smallest absolute Gasteiger partial charge is 0.343 e. The first kappa shape index (κ1) is 38.0. The molecular formula is C44H33FN10O4S. The summed E-state index contributed by atoms with van der Waals surface area (Å²) >= 11 is 1.41. The van der Waals surface area contributed by atoms with E-state index in [-0.39, 0.29) is 11.1 Å². The number of nitrogens with two attached hydrogens (primary N) is 1. The van der Waals surface area contributed by atoms with Gasteiger partial charge in [0.15, 0.2) is 11.3 Å². The highest BCUT2D eigenvalue weighted by molar-refractivity contribution is 7.99. The topological polar surface area (TPSA) is 197 Å². The standard InChI is InChI=1S/C22H15FN4O2S.C22H18N6O2/c1-12(30-21-18-20(25-10-24-18)26-11-27-21)19-17(13-5-4-6-14(23)9-13)15-7-2-3-8-16(15)22(28)29-19;1-12-7-8-14(9-24-12)18-15-5-3-4-6-16(15)22(29)30-19(18)13(2)28-21-17(10-27-28)20(23)25-11-26-21/h2-12H,1H3,(H,24,25,26,27);3-11,13H,1-2H3,(H2,23,25,26). The fraction of sp³-hybridized carbons (Fsp3) is 0.114. The minimum Gasteiger partial charge on any atom is -0.426 e. The third-order valence-corrected chi connectivity index (χ3v) is 11.2. The minimum atomic E-state index is -0.428. The Kier molecular flexibility index (Phi) is 9.89. The van der Waals surface area contributed by atoms with Crippen LogP contribution in [0.3, 0.4) is 0 Å². The van der Waals surface area contributed by atoms with Gasteiger partial charge in [0.05, 0.1) is 33.9 Å². The lowest BCUT2D eigenvalue weighted by molar-refractivity contribution is 0.405. The maximum Gasteiger partial charge on any atom is 0.343 e. The van der Waals surface area contributed by atoms with Crippen LogP contribution in [0.2, 0.25) is 0 Å². The van der Waals surface area contributed by atoms with E-state index >= 15 is 0 Å². The number of fused-ring (bicyclic) bond motifs is 4. The van der Waals surface area contributed by atoms with Gasteiger partial charge in [-0.3, -0.25) is 4.98 Å². The largest absolute Gasteiger partial charge is 0.426 e. The van der Waals surface area contributed by atoms with Crippen LogP contribution in [0.4, 0.5) is 10.2 Å². The Bertz CT molecular complexity index is 3350. The lowest BCUT2D eigenvalue weighted by Gasteiger charge is -2.18. The number of aromatic nitrogens is 9. The van der Waals surface area contributed by atoms with Crippen LogP contribution >= 0.6 is 11.8 Å². The molecule has 10 aromatic rings. The van der Waals surface area contributed by atoms with Crippen LogP contribution in [0.5, 0.6) is 0 Å². The Morgan fingerprint density at radius 2 is 1.40 bits per heavy atom. The van der Waals surface area contributed by atoms with Crippen molar-refractivity contribution in [1.29, 1.82) is 0 Å². The Morgan fingerprint density at radius 1 is 0.717 bits per heavy atom. The molecule has 0 saturated heterocycles. The zero-order valence-corrected chi connectivity index (χ0v) is 33.0. The van der Waals surface area contributed by atoms with Crippen molar-refractivity contribution in [3.63, 3.8) is 0 Å². The van der Waals surface area contributed by atoms with Crippen LogP contribution < -0.4 is 17.0 Å². The number of pyridine rings is 1. The van der Waals surface area contributed by atoms with Gasteiger partial charge in [-0.1, -0.05) is 66.4 Å². The number of nitrogens with one attached hydrogen (secondary N) is 1. The van der Waals surface area contributed by atoms with E-state index in [9.17, 15) is 14.0 Å². The molecular weight excluding hydrogens is 784 g/mol. The number of hydrogen-bond acceptors (Lipinski definition) is 13. The zero-order chi connectivity index (χ0) is 41.5. The van der Waals surface area contributed by atoms with E-state index in [4.69, 9.17) is 14.6 Å². The number of aryl methyl sites for hydroxylation is 1. The second-order valence-electron chi connectivity index (χ2n) is 13.8. The summed E-state index contributed by atoms with van der Waals surface area (Å²) in [5.41, 5.74) is 10.9. The predicted molar refractivity (Wildman–Crippen MR) is 228 cm³/mol. The number of rotatable bonds is 7. The molecule has 60 heavy (non-hydrogen) atoms. The van der Waals surface area contributed by atoms with Crippen molar-refractivity contribution in [2.45, 2.75) is 37.1 Å². The maximum absolute atomic E-state index is 14.0. The van der Waals surface area contributed by atoms with Crippen LogP contribution in [-0.2, 0) is 0 Å². The van der Waals surface area contributed by atoms with Crippen molar-refractivity contribution in [3.8, 4) is 22.3 Å². The molecule has 14 nitrogen and oxygen atoms in total. The first-order chi connectivity index (χ1) is 29.2. The van der Waals surface area contributed by atoms with Gasteiger partial charge in [-0.25, -0.2) is 43.6 Å². The third kappa shape index (κ3) is 6.91. The molecule has 0 aliphatic carbocycles. The van der Waals surface area contributed by atoms with E-state index in [1.807, 2.05) is 69.3 Å². The first-order valence-corrected chi connectivity index (χ1v) is 19.6. The number of H-pyrrole nitrogens is 1. The lowest BCUT2D eigenvalue weighted by atomic mass is 9.97. The van der Waals surface area contributed by atoms with Gasteiger partial charge >= 0.3 is 11.3 Å². The van der Waals surface area contributed by atoms with Crippen LogP contribution in [0, 0.1) is 12.7 Å². The molecule has 0 aliphatic heterocycles. The van der Waals surface area contributed by atoms with Gasteiger partial charge in [0.1, 0.15) is 52.4 Å². The molecule has 7 heterocycles. The zero-order valence-electron chi connectivity index (χ0n) is 32.2. The van der Waals surface area contributed by atoms with Crippen molar-refractivity contribution in [2.75, 3.05) is 5.73 Å². The van der Waals surface area contributed by atoms with Crippen molar-refractivity contribution in [1.82, 2.24) is 44.7 Å². The van der Waals surface area contributed by atoms with E-state index in [0.717, 1.165) is 27.6 Å². The Hall–Kier alpha value is -7.59. The Morgan fingerprint density at radius 3 is 2.10 bits per heavy atom. The SMILES string of the molecule is CC(Sc1ncnc2nc[nH]c12)c1oc(=O)c2ccccc2c1-c1cccc(F)c1.Cc1ccc(-c2c(C(C)n3ncc4c(N)ncnc43)oc(=O)c3ccccc23)cn1. The van der Waals surface area contributed by atoms with E-state index in [1.54, 1.807) is 47.7 Å². The average Bonchev–Trinajstić information content (AvgIpc) is 3.93. The molecule has 0 bridgehead atoms. The summed E-state index contributed by atoms with van der Waals surface area (Å²) in [6.45, 7) is 5.75. The van der Waals surface area contributed by atoms with Crippen molar-refractivity contribution >= 4 is 61.3 Å². The van der Waals surface area contributed by atoms with Gasteiger partial charge in [0, 0.05) is 39.4 Å². The molecule has 2 atom stereocenters. The molecule has 0 saturated carbocycles. The molecule has 3 aromatic carbocycles. The van der Waals surface area contributed by atoms with Crippen molar-refractivity contribution in [3.05, 3.63) is 160 Å². The number of hydrogen-bond donors (Lipinski definition) is 2. The molecule has 16 heteroatoms. The Balaban J connectivity index is 0.000000154. The predicted octanol–water partition coefficient (Wildman–Crippen LogP) is 8.61. The van der Waals surface area contributed by atoms with E-state index < -0.39 is 17.3 Å². The molecule has 0 fully saturated rings. The second-order valence-corrected chi connectivity index (χ2v) is 15.2. The highest BCUT2D eigenvalue weighted by atomic mass is 32.2. The third-order valence-electron chi connectivity index (χ3n) is 10.1. The lowest BCUT2D eigenvalue weighted by Crippen LogP contribution is -2.14. The van der Waals surface area contributed by atoms with Gasteiger partial charge < -0.3 is 19.6 Å². The van der Waals surface area contributed by atoms with Gasteiger partial charge in [-0.2, -0.15) is 5.10 Å². The number of halogens is 1. The number of aromatic amines is 1. The van der Waals surface area contributed by atoms with Crippen LogP contribution in [0.25, 0.3) is 66.0 Å². The van der Waals surface area contributed by atoms with Crippen molar-refractivity contribution < 1.29 is 13.2 Å². The van der Waals surface area contributed by atoms with Gasteiger partial charge in [0.25, 0.3) is 0 Å². The van der Waals surface area contributed by atoms with Crippen LogP contribution in [-0.4, -0.2) is 44.7 Å². The fourth-order valence-corrected chi connectivity index (χ4v) is 8.18. The molecule has 3 N–H and O–H groups in total. The summed E-state index contributed by atoms with van der Waals surface area (Å²) in [5, 5.41) is 7.97. The number of anilines is 1. The summed E-state index contributed by atoms with van der Waals surface area (Å²) in [4.78, 5) is 53.9. The van der Waals surface area contributed by atoms with E-state index in [0.29, 0.717) is 66.5 Å². The summed E-state index contributed by atoms with van der Waals surface area (Å²) < 4.78 is 27.3. The Labute approximate surface area is 343 Å². The summed E-state index contributed by atoms with van der Waals surface area (Å²) in [7, 11) is 0. The number of imidazole rings is 1. The molecule has 0 radical (unpaired) electrons. The highest BCUT2D eigenvalue weighted by Crippen LogP contribution is 2.42. The molecule has 296 valence electrons. The van der Waals surface area contributed by atoms with E-state index in [2.05, 4.69) is 40.0 Å². The number of nitrogens with zero attached hydrogens (tertiary/aromatic N) is 8. The molecule has 10 rings (SSSR count). The number of nitrogen functional groups attached to an aromatic ring is 1. The van der Waals surface area contributed by atoms with E-state index in [1.165, 1.54) is 36.5 Å². The number of benzene rings is 3. The van der Waals surface area contributed by atoms with Crippen molar-refractivity contribution in [2.24, 2.45) is 0 Å². The molecule has 0 amide bonds. The second kappa shape index (κ2) is 15.6. The quantitative estimate of drug-likeness (QED) is 0.115. The summed E-state index contributed by atoms with van der Waals surface area (Å²) in [5.74, 6) is 0.928. The fourth-order valence-electron chi connectivity index (χ4n) is 7.20. The normalized spacial score (nSPS) is 12.5. The maximum atomic E-state index is 14.0. The molecule has 2 unspecified atom stereocenters. The number of thioether (sulfide) groups is 1. The molecule has 0 aliphatic rings. The van der Waals surface area contributed by atoms with Crippen LogP contribution in [0.15, 0.2) is 140 Å². The molecule has 0 spiro atoms. The highest BCUT2D eigenvalue weighted by Gasteiger charge is 2.25. The summed E-state index contributed by atoms with van der Waals surface area (Å²) in [6.07, 6.45) is 7.80. The van der Waals surface area contributed by atoms with Gasteiger partial charge in [-0.15, -0.1) is 0 Å². The first-order valence-electron chi connectivity index (χ1n) is 18.7. The monoisotopic (exact) mass is 816 g/mol. The molecule has 7 aromatic heterocycles. The average molecular weight is 817 g/mol. The minimum absolute atomic E-state index is 0.290. The van der Waals surface area contributed by atoms with Gasteiger partial charge in [-0.05, 0) is 56.7 Å².